The highest BCUT2D eigenvalue weighted by Crippen LogP contribution is 2.37. The molecule has 0 spiro atoms. The first-order chi connectivity index (χ1) is 11.3. The Hall–Kier alpha value is -2.14. The van der Waals surface area contributed by atoms with Gasteiger partial charge in [-0.2, -0.15) is 0 Å². The second-order valence-electron chi connectivity index (χ2n) is 6.41. The van der Waals surface area contributed by atoms with Gasteiger partial charge < -0.3 is 15.4 Å². The summed E-state index contributed by atoms with van der Waals surface area (Å²) in [5, 5.41) is 7.12. The lowest BCUT2D eigenvalue weighted by Crippen LogP contribution is -2.59. The molecule has 5 heteroatoms. The summed E-state index contributed by atoms with van der Waals surface area (Å²) in [4.78, 5) is 16.4. The van der Waals surface area contributed by atoms with Gasteiger partial charge in [-0.15, -0.1) is 0 Å². The third-order valence-electron chi connectivity index (χ3n) is 4.93. The Bertz CT molecular complexity index is 718. The fourth-order valence-corrected chi connectivity index (χ4v) is 3.60. The van der Waals surface area contributed by atoms with Crippen LogP contribution in [0.3, 0.4) is 0 Å². The van der Waals surface area contributed by atoms with Crippen molar-refractivity contribution in [3.8, 4) is 0 Å². The molecule has 120 valence electrons. The summed E-state index contributed by atoms with van der Waals surface area (Å²) < 4.78 is 5.68. The number of aromatic nitrogens is 1. The lowest BCUT2D eigenvalue weighted by Gasteiger charge is -2.47. The highest BCUT2D eigenvalue weighted by molar-refractivity contribution is 5.79. The third kappa shape index (κ3) is 3.01. The Labute approximate surface area is 135 Å². The van der Waals surface area contributed by atoms with Crippen molar-refractivity contribution in [2.24, 2.45) is 5.92 Å². The molecule has 2 N–H and O–H groups in total. The maximum Gasteiger partial charge on any atom is 0.315 e. The van der Waals surface area contributed by atoms with Gasteiger partial charge in [0.2, 0.25) is 0 Å². The van der Waals surface area contributed by atoms with Gasteiger partial charge >= 0.3 is 6.03 Å². The molecule has 23 heavy (non-hydrogen) atoms. The van der Waals surface area contributed by atoms with E-state index < -0.39 is 0 Å². The number of hydrogen-bond donors (Lipinski definition) is 2. The number of fused-ring (bicyclic) bond motifs is 2. The molecule has 1 saturated heterocycles. The quantitative estimate of drug-likeness (QED) is 0.916. The van der Waals surface area contributed by atoms with E-state index in [-0.39, 0.29) is 12.1 Å². The molecule has 3 unspecified atom stereocenters. The minimum atomic E-state index is -0.0923. The molecule has 0 radical (unpaired) electrons. The van der Waals surface area contributed by atoms with Crippen molar-refractivity contribution in [1.29, 1.82) is 0 Å². The number of amides is 2. The number of ether oxygens (including phenoxy) is 1. The summed E-state index contributed by atoms with van der Waals surface area (Å²) in [5.74, 6) is 0.501. The number of urea groups is 1. The van der Waals surface area contributed by atoms with Crippen molar-refractivity contribution < 1.29 is 9.53 Å². The summed E-state index contributed by atoms with van der Waals surface area (Å²) in [6, 6.07) is 10.2. The van der Waals surface area contributed by atoms with Crippen LogP contribution in [-0.2, 0) is 11.3 Å². The summed E-state index contributed by atoms with van der Waals surface area (Å²) in [6.45, 7) is 1.39. The van der Waals surface area contributed by atoms with E-state index in [0.717, 1.165) is 42.3 Å². The number of rotatable bonds is 3. The van der Waals surface area contributed by atoms with Crippen LogP contribution >= 0.6 is 0 Å². The van der Waals surface area contributed by atoms with Gasteiger partial charge in [0, 0.05) is 36.7 Å². The smallest absolute Gasteiger partial charge is 0.315 e. The minimum absolute atomic E-state index is 0.0923. The molecule has 1 aliphatic carbocycles. The van der Waals surface area contributed by atoms with Crippen LogP contribution < -0.4 is 10.6 Å². The van der Waals surface area contributed by atoms with E-state index in [4.69, 9.17) is 4.74 Å². The zero-order valence-electron chi connectivity index (χ0n) is 13.0. The van der Waals surface area contributed by atoms with E-state index in [2.05, 4.69) is 21.7 Å². The molecule has 0 bridgehead atoms. The fourth-order valence-electron chi connectivity index (χ4n) is 3.60. The average Bonchev–Trinajstić information content (AvgIpc) is 2.58. The molecule has 1 aromatic heterocycles. The van der Waals surface area contributed by atoms with Crippen molar-refractivity contribution in [3.05, 3.63) is 42.1 Å². The van der Waals surface area contributed by atoms with Crippen molar-refractivity contribution in [1.82, 2.24) is 15.6 Å². The number of pyridine rings is 1. The van der Waals surface area contributed by atoms with Crippen LogP contribution in [0.25, 0.3) is 10.9 Å². The lowest BCUT2D eigenvalue weighted by atomic mass is 9.72. The van der Waals surface area contributed by atoms with Crippen LogP contribution in [0.2, 0.25) is 0 Å². The molecule has 2 fully saturated rings. The van der Waals surface area contributed by atoms with Crippen molar-refractivity contribution in [3.63, 3.8) is 0 Å². The standard InChI is InChI=1S/C18H21N3O2/c22-18(21-16-10-17-14(16)4-2-8-23-17)20-11-12-5-6-15-13(9-12)3-1-7-19-15/h1,3,5-7,9,14,16-17H,2,4,8,10-11H2,(H2,20,21,22). The van der Waals surface area contributed by atoms with E-state index in [1.165, 1.54) is 0 Å². The van der Waals surface area contributed by atoms with Gasteiger partial charge in [-0.05, 0) is 43.0 Å². The first-order valence-electron chi connectivity index (χ1n) is 8.29. The molecular formula is C18H21N3O2. The Morgan fingerprint density at radius 2 is 2.30 bits per heavy atom. The Morgan fingerprint density at radius 1 is 1.35 bits per heavy atom. The van der Waals surface area contributed by atoms with Crippen LogP contribution in [0.5, 0.6) is 0 Å². The summed E-state index contributed by atoms with van der Waals surface area (Å²) in [5.41, 5.74) is 2.05. The third-order valence-corrected chi connectivity index (χ3v) is 4.93. The predicted octanol–water partition coefficient (Wildman–Crippen LogP) is 2.60. The molecule has 2 amide bonds. The van der Waals surface area contributed by atoms with Crippen LogP contribution in [0.15, 0.2) is 36.5 Å². The Balaban J connectivity index is 1.30. The first kappa shape index (κ1) is 14.5. The van der Waals surface area contributed by atoms with Crippen LogP contribution in [-0.4, -0.2) is 29.8 Å². The van der Waals surface area contributed by atoms with Crippen molar-refractivity contribution in [2.45, 2.75) is 38.0 Å². The van der Waals surface area contributed by atoms with E-state index in [1.807, 2.05) is 24.3 Å². The normalized spacial score (nSPS) is 26.2. The number of carbonyl (C=O) groups is 1. The van der Waals surface area contributed by atoms with Crippen molar-refractivity contribution >= 4 is 16.9 Å². The number of carbonyl (C=O) groups excluding carboxylic acids is 1. The highest BCUT2D eigenvalue weighted by atomic mass is 16.5. The molecule has 1 saturated carbocycles. The largest absolute Gasteiger partial charge is 0.378 e. The lowest BCUT2D eigenvalue weighted by molar-refractivity contribution is -0.0999. The van der Waals surface area contributed by atoms with Crippen LogP contribution in [0.1, 0.15) is 24.8 Å². The topological polar surface area (TPSA) is 63.2 Å². The van der Waals surface area contributed by atoms with Gasteiger partial charge in [-0.25, -0.2) is 4.79 Å². The molecule has 2 heterocycles. The second kappa shape index (κ2) is 6.16. The van der Waals surface area contributed by atoms with E-state index in [1.54, 1.807) is 6.20 Å². The summed E-state index contributed by atoms with van der Waals surface area (Å²) in [6.07, 6.45) is 5.36. The van der Waals surface area contributed by atoms with Gasteiger partial charge in [0.05, 0.1) is 11.6 Å². The second-order valence-corrected chi connectivity index (χ2v) is 6.41. The van der Waals surface area contributed by atoms with Gasteiger partial charge in [0.25, 0.3) is 0 Å². The molecular weight excluding hydrogens is 290 g/mol. The Morgan fingerprint density at radius 3 is 3.22 bits per heavy atom. The first-order valence-corrected chi connectivity index (χ1v) is 8.29. The van der Waals surface area contributed by atoms with E-state index >= 15 is 0 Å². The zero-order valence-corrected chi connectivity index (χ0v) is 13.0. The van der Waals surface area contributed by atoms with Gasteiger partial charge in [0.15, 0.2) is 0 Å². The molecule has 1 aromatic carbocycles. The molecule has 3 atom stereocenters. The fraction of sp³-hybridized carbons (Fsp3) is 0.444. The highest BCUT2D eigenvalue weighted by Gasteiger charge is 2.43. The van der Waals surface area contributed by atoms with Crippen LogP contribution in [0, 0.1) is 5.92 Å². The number of nitrogens with one attached hydrogen (secondary N) is 2. The maximum absolute atomic E-state index is 12.1. The summed E-state index contributed by atoms with van der Waals surface area (Å²) in [7, 11) is 0. The minimum Gasteiger partial charge on any atom is -0.378 e. The van der Waals surface area contributed by atoms with Gasteiger partial charge in [-0.3, -0.25) is 4.98 Å². The van der Waals surface area contributed by atoms with Crippen molar-refractivity contribution in [2.75, 3.05) is 6.61 Å². The maximum atomic E-state index is 12.1. The summed E-state index contributed by atoms with van der Waals surface area (Å²) >= 11 is 0. The van der Waals surface area contributed by atoms with Gasteiger partial charge in [0.1, 0.15) is 0 Å². The number of benzene rings is 1. The molecule has 4 rings (SSSR count). The van der Waals surface area contributed by atoms with Gasteiger partial charge in [-0.1, -0.05) is 12.1 Å². The monoisotopic (exact) mass is 311 g/mol. The zero-order chi connectivity index (χ0) is 15.6. The predicted molar refractivity (Wildman–Crippen MR) is 88.0 cm³/mol. The number of nitrogens with zero attached hydrogens (tertiary/aromatic N) is 1. The number of hydrogen-bond acceptors (Lipinski definition) is 3. The molecule has 2 aromatic rings. The Kier molecular flexibility index (Phi) is 3.87. The SMILES string of the molecule is O=C(NCc1ccc2ncccc2c1)NC1CC2OCCCC12. The van der Waals surface area contributed by atoms with E-state index in [0.29, 0.717) is 18.6 Å². The van der Waals surface area contributed by atoms with E-state index in [9.17, 15) is 4.79 Å². The molecule has 5 nitrogen and oxygen atoms in total. The molecule has 2 aliphatic rings. The average molecular weight is 311 g/mol. The van der Waals surface area contributed by atoms with Crippen LogP contribution in [0.4, 0.5) is 4.79 Å². The molecule has 1 aliphatic heterocycles.